The van der Waals surface area contributed by atoms with E-state index in [0.717, 1.165) is 66.4 Å². The van der Waals surface area contributed by atoms with Gasteiger partial charge in [-0.2, -0.15) is 9.78 Å². The smallest absolute Gasteiger partial charge is 0.252 e. The Balaban J connectivity index is 1.30. The molecule has 1 N–H and O–H groups in total. The molecular weight excluding hydrogens is 412 g/mol. The van der Waals surface area contributed by atoms with E-state index in [1.807, 2.05) is 31.2 Å². The van der Waals surface area contributed by atoms with Crippen LogP contribution < -0.4 is 5.32 Å². The van der Waals surface area contributed by atoms with Crippen molar-refractivity contribution in [1.82, 2.24) is 30.0 Å². The standard InChI is InChI=1S/C26H34N6O/c1-18-10-15-31(16-11-18)14-6-5-13-28-26(33)21-17-22(20-8-9-20)29-25-24(21)19(2)30-32(25)23-7-3-4-12-27-23/h3-4,7,12,17-18,20H,5-6,8-11,13-16H2,1-2H3,(H,28,33). The van der Waals surface area contributed by atoms with Crippen LogP contribution in [0.25, 0.3) is 16.9 Å². The summed E-state index contributed by atoms with van der Waals surface area (Å²) in [6.45, 7) is 8.54. The van der Waals surface area contributed by atoms with Crippen LogP contribution in [-0.2, 0) is 0 Å². The minimum atomic E-state index is -0.0280. The molecule has 1 aliphatic heterocycles. The van der Waals surface area contributed by atoms with E-state index in [1.165, 1.54) is 25.9 Å². The lowest BCUT2D eigenvalue weighted by Gasteiger charge is -2.30. The molecule has 0 spiro atoms. The number of carbonyl (C=O) groups excluding carboxylic acids is 1. The van der Waals surface area contributed by atoms with Gasteiger partial charge in [-0.1, -0.05) is 13.0 Å². The molecule has 2 aliphatic rings. The highest BCUT2D eigenvalue weighted by Crippen LogP contribution is 2.40. The van der Waals surface area contributed by atoms with E-state index in [2.05, 4.69) is 22.1 Å². The largest absolute Gasteiger partial charge is 0.352 e. The van der Waals surface area contributed by atoms with E-state index in [-0.39, 0.29) is 5.91 Å². The number of nitrogens with one attached hydrogen (secondary N) is 1. The summed E-state index contributed by atoms with van der Waals surface area (Å²) in [5.74, 6) is 2.00. The fourth-order valence-corrected chi connectivity index (χ4v) is 4.76. The molecule has 1 aliphatic carbocycles. The molecule has 33 heavy (non-hydrogen) atoms. The van der Waals surface area contributed by atoms with Gasteiger partial charge in [-0.15, -0.1) is 0 Å². The van der Waals surface area contributed by atoms with Crippen molar-refractivity contribution in [3.05, 3.63) is 47.4 Å². The summed E-state index contributed by atoms with van der Waals surface area (Å²) in [5.41, 5.74) is 3.20. The van der Waals surface area contributed by atoms with Gasteiger partial charge in [0.2, 0.25) is 0 Å². The van der Waals surface area contributed by atoms with Gasteiger partial charge in [-0.05, 0) is 89.2 Å². The number of piperidine rings is 1. The number of rotatable bonds is 8. The molecule has 0 unspecified atom stereocenters. The summed E-state index contributed by atoms with van der Waals surface area (Å²) < 4.78 is 1.77. The van der Waals surface area contributed by atoms with Gasteiger partial charge < -0.3 is 10.2 Å². The van der Waals surface area contributed by atoms with Gasteiger partial charge >= 0.3 is 0 Å². The maximum Gasteiger partial charge on any atom is 0.252 e. The number of aromatic nitrogens is 4. The summed E-state index contributed by atoms with van der Waals surface area (Å²) >= 11 is 0. The Kier molecular flexibility index (Phi) is 6.40. The van der Waals surface area contributed by atoms with Crippen molar-refractivity contribution in [2.75, 3.05) is 26.2 Å². The third-order valence-electron chi connectivity index (χ3n) is 7.00. The molecule has 4 heterocycles. The van der Waals surface area contributed by atoms with E-state index < -0.39 is 0 Å². The number of fused-ring (bicyclic) bond motifs is 1. The van der Waals surface area contributed by atoms with Gasteiger partial charge in [0.15, 0.2) is 11.5 Å². The van der Waals surface area contributed by atoms with Crippen LogP contribution in [0.1, 0.15) is 73.1 Å². The molecule has 1 saturated heterocycles. The van der Waals surface area contributed by atoms with Crippen LogP contribution in [0.5, 0.6) is 0 Å². The molecule has 0 bridgehead atoms. The summed E-state index contributed by atoms with van der Waals surface area (Å²) in [6, 6.07) is 7.73. The molecule has 1 amide bonds. The molecular formula is C26H34N6O. The van der Waals surface area contributed by atoms with Crippen molar-refractivity contribution in [2.45, 2.75) is 58.3 Å². The monoisotopic (exact) mass is 446 g/mol. The van der Waals surface area contributed by atoms with E-state index in [0.29, 0.717) is 18.0 Å². The number of aryl methyl sites for hydroxylation is 1. The Hall–Kier alpha value is -2.80. The normalized spacial score (nSPS) is 17.5. The second kappa shape index (κ2) is 9.59. The van der Waals surface area contributed by atoms with Gasteiger partial charge in [0.25, 0.3) is 5.91 Å². The SMILES string of the molecule is Cc1nn(-c2ccccn2)c2nc(C3CC3)cc(C(=O)NCCCCN3CCC(C)CC3)c12. The maximum atomic E-state index is 13.3. The number of carbonyl (C=O) groups is 1. The van der Waals surface area contributed by atoms with Gasteiger partial charge in [-0.3, -0.25) is 4.79 Å². The highest BCUT2D eigenvalue weighted by atomic mass is 16.1. The van der Waals surface area contributed by atoms with Gasteiger partial charge in [-0.25, -0.2) is 9.97 Å². The molecule has 0 aromatic carbocycles. The van der Waals surface area contributed by atoms with E-state index in [9.17, 15) is 4.79 Å². The minimum absolute atomic E-state index is 0.0280. The van der Waals surface area contributed by atoms with Crippen LogP contribution >= 0.6 is 0 Å². The van der Waals surface area contributed by atoms with Crippen molar-refractivity contribution < 1.29 is 4.79 Å². The number of hydrogen-bond donors (Lipinski definition) is 1. The maximum absolute atomic E-state index is 13.3. The molecule has 0 radical (unpaired) electrons. The lowest BCUT2D eigenvalue weighted by atomic mass is 9.99. The first kappa shape index (κ1) is 22.0. The molecule has 7 heteroatoms. The Morgan fingerprint density at radius 3 is 2.70 bits per heavy atom. The highest BCUT2D eigenvalue weighted by molar-refractivity contribution is 6.06. The second-order valence-corrected chi connectivity index (χ2v) is 9.74. The van der Waals surface area contributed by atoms with Crippen molar-refractivity contribution in [3.8, 4) is 5.82 Å². The van der Waals surface area contributed by atoms with E-state index in [4.69, 9.17) is 10.1 Å². The number of likely N-dealkylation sites (tertiary alicyclic amines) is 1. The predicted octanol–water partition coefficient (Wildman–Crippen LogP) is 4.24. The van der Waals surface area contributed by atoms with Crippen LogP contribution in [0, 0.1) is 12.8 Å². The van der Waals surface area contributed by atoms with Crippen molar-refractivity contribution in [3.63, 3.8) is 0 Å². The van der Waals surface area contributed by atoms with Gasteiger partial charge in [0.1, 0.15) is 0 Å². The zero-order valence-corrected chi connectivity index (χ0v) is 19.8. The van der Waals surface area contributed by atoms with Crippen LogP contribution in [0.15, 0.2) is 30.5 Å². The Bertz CT molecular complexity index is 1110. The van der Waals surface area contributed by atoms with Gasteiger partial charge in [0.05, 0.1) is 16.6 Å². The number of hydrogen-bond acceptors (Lipinski definition) is 5. The first-order chi connectivity index (χ1) is 16.1. The number of pyridine rings is 2. The Labute approximate surface area is 195 Å². The minimum Gasteiger partial charge on any atom is -0.352 e. The number of nitrogens with zero attached hydrogens (tertiary/aromatic N) is 5. The van der Waals surface area contributed by atoms with Crippen molar-refractivity contribution in [1.29, 1.82) is 0 Å². The van der Waals surface area contributed by atoms with Crippen LogP contribution in [0.2, 0.25) is 0 Å². The average molecular weight is 447 g/mol. The number of unbranched alkanes of at least 4 members (excludes halogenated alkanes) is 1. The molecule has 1 saturated carbocycles. The Morgan fingerprint density at radius 2 is 1.97 bits per heavy atom. The molecule has 5 rings (SSSR count). The Morgan fingerprint density at radius 1 is 1.15 bits per heavy atom. The lowest BCUT2D eigenvalue weighted by molar-refractivity contribution is 0.0953. The molecule has 7 nitrogen and oxygen atoms in total. The van der Waals surface area contributed by atoms with Crippen molar-refractivity contribution >= 4 is 16.9 Å². The van der Waals surface area contributed by atoms with Crippen molar-refractivity contribution in [2.24, 2.45) is 5.92 Å². The second-order valence-electron chi connectivity index (χ2n) is 9.74. The average Bonchev–Trinajstić information content (AvgIpc) is 3.63. The van der Waals surface area contributed by atoms with Crippen LogP contribution in [0.4, 0.5) is 0 Å². The third-order valence-corrected chi connectivity index (χ3v) is 7.00. The highest BCUT2D eigenvalue weighted by Gasteiger charge is 2.29. The summed E-state index contributed by atoms with van der Waals surface area (Å²) in [7, 11) is 0. The zero-order chi connectivity index (χ0) is 22.8. The molecule has 174 valence electrons. The third kappa shape index (κ3) is 4.93. The predicted molar refractivity (Wildman–Crippen MR) is 130 cm³/mol. The first-order valence-electron chi connectivity index (χ1n) is 12.4. The fourth-order valence-electron chi connectivity index (χ4n) is 4.76. The zero-order valence-electron chi connectivity index (χ0n) is 19.8. The summed E-state index contributed by atoms with van der Waals surface area (Å²) in [5, 5.41) is 8.68. The first-order valence-corrected chi connectivity index (χ1v) is 12.4. The fraction of sp³-hybridized carbons (Fsp3) is 0.538. The topological polar surface area (TPSA) is 75.9 Å². The molecule has 2 fully saturated rings. The van der Waals surface area contributed by atoms with Crippen LogP contribution in [0.3, 0.4) is 0 Å². The van der Waals surface area contributed by atoms with E-state index >= 15 is 0 Å². The lowest BCUT2D eigenvalue weighted by Crippen LogP contribution is -2.34. The summed E-state index contributed by atoms with van der Waals surface area (Å²) in [4.78, 5) is 25.2. The summed E-state index contributed by atoms with van der Waals surface area (Å²) in [6.07, 6.45) is 8.74. The van der Waals surface area contributed by atoms with Gasteiger partial charge in [0, 0.05) is 24.4 Å². The molecule has 0 atom stereocenters. The van der Waals surface area contributed by atoms with Crippen LogP contribution in [-0.4, -0.2) is 56.7 Å². The number of amides is 1. The van der Waals surface area contributed by atoms with E-state index in [1.54, 1.807) is 10.9 Å². The molecule has 3 aromatic rings. The molecule has 3 aromatic heterocycles. The quantitative estimate of drug-likeness (QED) is 0.524.